The van der Waals surface area contributed by atoms with E-state index in [0.29, 0.717) is 4.52 Å². The van der Waals surface area contributed by atoms with Crippen LogP contribution in [0.15, 0.2) is 24.4 Å². The van der Waals surface area contributed by atoms with E-state index in [1.807, 2.05) is 5.32 Å². The molecule has 8 heteroatoms. The molecule has 0 aromatic carbocycles. The molecule has 1 amide bonds. The van der Waals surface area contributed by atoms with E-state index < -0.39 is 18.0 Å². The Kier molecular flexibility index (Phi) is 2.41. The quantitative estimate of drug-likeness (QED) is 0.810. The van der Waals surface area contributed by atoms with Gasteiger partial charge in [0.15, 0.2) is 0 Å². The predicted octanol–water partition coefficient (Wildman–Crippen LogP) is 2.44. The minimum Gasteiger partial charge on any atom is -0.465 e. The molecular formula is C9H6F3N3O2. The highest BCUT2D eigenvalue weighted by Crippen LogP contribution is 2.30. The van der Waals surface area contributed by atoms with E-state index in [2.05, 4.69) is 5.10 Å². The average Bonchev–Trinajstić information content (AvgIpc) is 2.58. The zero-order valence-corrected chi connectivity index (χ0v) is 8.19. The lowest BCUT2D eigenvalue weighted by atomic mass is 10.4. The van der Waals surface area contributed by atoms with Crippen LogP contribution in [0.4, 0.5) is 23.7 Å². The van der Waals surface area contributed by atoms with Crippen LogP contribution in [0.1, 0.15) is 5.69 Å². The van der Waals surface area contributed by atoms with E-state index in [-0.39, 0.29) is 11.2 Å². The average molecular weight is 245 g/mol. The summed E-state index contributed by atoms with van der Waals surface area (Å²) < 4.78 is 38.2. The summed E-state index contributed by atoms with van der Waals surface area (Å²) >= 11 is 0. The fourth-order valence-electron chi connectivity index (χ4n) is 1.41. The van der Waals surface area contributed by atoms with Crippen molar-refractivity contribution in [2.24, 2.45) is 0 Å². The van der Waals surface area contributed by atoms with Crippen molar-refractivity contribution >= 4 is 17.3 Å². The first kappa shape index (κ1) is 11.2. The molecule has 5 nitrogen and oxygen atoms in total. The number of halogens is 3. The van der Waals surface area contributed by atoms with Gasteiger partial charge in [-0.15, -0.1) is 0 Å². The van der Waals surface area contributed by atoms with Crippen LogP contribution < -0.4 is 5.32 Å². The number of carbonyl (C=O) groups is 1. The molecule has 0 aliphatic carbocycles. The molecule has 0 aliphatic rings. The third-order valence-corrected chi connectivity index (χ3v) is 2.04. The molecule has 2 rings (SSSR count). The Balaban J connectivity index is 2.48. The van der Waals surface area contributed by atoms with Crippen LogP contribution >= 0.6 is 0 Å². The summed E-state index contributed by atoms with van der Waals surface area (Å²) in [6.07, 6.45) is -4.80. The van der Waals surface area contributed by atoms with Crippen molar-refractivity contribution in [2.45, 2.75) is 6.18 Å². The molecule has 2 aromatic rings. The van der Waals surface area contributed by atoms with Gasteiger partial charge in [-0.1, -0.05) is 0 Å². The van der Waals surface area contributed by atoms with Gasteiger partial charge in [0.05, 0.1) is 17.4 Å². The van der Waals surface area contributed by atoms with E-state index in [9.17, 15) is 18.0 Å². The summed E-state index contributed by atoms with van der Waals surface area (Å²) in [5, 5.41) is 14.0. The molecule has 0 unspecified atom stereocenters. The van der Waals surface area contributed by atoms with Gasteiger partial charge in [-0.3, -0.25) is 5.32 Å². The highest BCUT2D eigenvalue weighted by molar-refractivity contribution is 5.83. The lowest BCUT2D eigenvalue weighted by Gasteiger charge is -2.06. The Morgan fingerprint density at radius 1 is 1.41 bits per heavy atom. The lowest BCUT2D eigenvalue weighted by Crippen LogP contribution is -2.12. The van der Waals surface area contributed by atoms with Crippen molar-refractivity contribution in [3.8, 4) is 0 Å². The molecule has 90 valence electrons. The van der Waals surface area contributed by atoms with Crippen LogP contribution in [0.2, 0.25) is 0 Å². The van der Waals surface area contributed by atoms with Gasteiger partial charge in [-0.25, -0.2) is 9.31 Å². The Bertz CT molecular complexity index is 576. The predicted molar refractivity (Wildman–Crippen MR) is 51.8 cm³/mol. The summed E-state index contributed by atoms with van der Waals surface area (Å²) in [6, 6.07) is 3.35. The number of fused-ring (bicyclic) bond motifs is 1. The Morgan fingerprint density at radius 2 is 2.12 bits per heavy atom. The third kappa shape index (κ3) is 2.14. The summed E-state index contributed by atoms with van der Waals surface area (Å²) in [6.45, 7) is 0. The molecule has 17 heavy (non-hydrogen) atoms. The minimum atomic E-state index is -4.50. The van der Waals surface area contributed by atoms with Crippen LogP contribution in [-0.4, -0.2) is 20.8 Å². The first-order valence-electron chi connectivity index (χ1n) is 4.43. The van der Waals surface area contributed by atoms with Gasteiger partial charge >= 0.3 is 12.3 Å². The molecule has 0 radical (unpaired) electrons. The number of rotatable bonds is 1. The fourth-order valence-corrected chi connectivity index (χ4v) is 1.41. The fraction of sp³-hybridized carbons (Fsp3) is 0.111. The Morgan fingerprint density at radius 3 is 2.71 bits per heavy atom. The van der Waals surface area contributed by atoms with Gasteiger partial charge in [0, 0.05) is 0 Å². The maximum absolute atomic E-state index is 12.5. The van der Waals surface area contributed by atoms with Gasteiger partial charge in [0.1, 0.15) is 5.69 Å². The number of aromatic nitrogens is 2. The van der Waals surface area contributed by atoms with Gasteiger partial charge in [0.25, 0.3) is 0 Å². The number of hydrogen-bond acceptors (Lipinski definition) is 2. The zero-order chi connectivity index (χ0) is 12.6. The number of amides is 1. The van der Waals surface area contributed by atoms with Crippen molar-refractivity contribution in [1.82, 2.24) is 9.61 Å². The van der Waals surface area contributed by atoms with Crippen molar-refractivity contribution < 1.29 is 23.1 Å². The summed E-state index contributed by atoms with van der Waals surface area (Å²) in [5.74, 6) is 0. The number of nitrogens with one attached hydrogen (secondary N) is 1. The highest BCUT2D eigenvalue weighted by Gasteiger charge is 2.34. The Labute approximate surface area is 92.5 Å². The smallest absolute Gasteiger partial charge is 0.433 e. The summed E-state index contributed by atoms with van der Waals surface area (Å²) in [7, 11) is 0. The molecule has 0 saturated heterocycles. The summed E-state index contributed by atoms with van der Waals surface area (Å²) in [4.78, 5) is 10.3. The van der Waals surface area contributed by atoms with Crippen molar-refractivity contribution in [3.05, 3.63) is 30.1 Å². The zero-order valence-electron chi connectivity index (χ0n) is 8.19. The van der Waals surface area contributed by atoms with Gasteiger partial charge in [-0.2, -0.15) is 18.3 Å². The molecule has 0 fully saturated rings. The number of carboxylic acid groups (broad SMARTS) is 1. The van der Waals surface area contributed by atoms with Crippen molar-refractivity contribution in [2.75, 3.05) is 5.32 Å². The molecule has 0 aliphatic heterocycles. The van der Waals surface area contributed by atoms with Crippen LogP contribution in [0.25, 0.3) is 5.52 Å². The van der Waals surface area contributed by atoms with Crippen LogP contribution in [0.3, 0.4) is 0 Å². The van der Waals surface area contributed by atoms with Gasteiger partial charge in [-0.05, 0) is 18.2 Å². The van der Waals surface area contributed by atoms with Gasteiger partial charge in [0.2, 0.25) is 0 Å². The third-order valence-electron chi connectivity index (χ3n) is 2.04. The maximum atomic E-state index is 12.5. The molecule has 2 heterocycles. The summed E-state index contributed by atoms with van der Waals surface area (Å²) in [5.41, 5.74) is -0.644. The monoisotopic (exact) mass is 245 g/mol. The molecule has 0 bridgehead atoms. The van der Waals surface area contributed by atoms with E-state index in [1.165, 1.54) is 12.1 Å². The molecule has 2 N–H and O–H groups in total. The number of anilines is 1. The number of nitrogens with zero attached hydrogens (tertiary/aromatic N) is 2. The van der Waals surface area contributed by atoms with Crippen LogP contribution in [0.5, 0.6) is 0 Å². The standard InChI is InChI=1S/C9H6F3N3O2/c10-9(11,12)7-2-1-6-3-5(14-8(16)17)4-13-15(6)7/h1-4,14H,(H,16,17). The first-order valence-corrected chi connectivity index (χ1v) is 4.43. The topological polar surface area (TPSA) is 66.6 Å². The van der Waals surface area contributed by atoms with Crippen molar-refractivity contribution in [3.63, 3.8) is 0 Å². The minimum absolute atomic E-state index is 0.108. The Hall–Kier alpha value is -2.25. The SMILES string of the molecule is O=C(O)Nc1cnn2c(C(F)(F)F)ccc2c1. The second-order valence-corrected chi connectivity index (χ2v) is 3.23. The normalized spacial score (nSPS) is 11.7. The lowest BCUT2D eigenvalue weighted by molar-refractivity contribution is -0.142. The van der Waals surface area contributed by atoms with E-state index >= 15 is 0 Å². The van der Waals surface area contributed by atoms with Gasteiger partial charge < -0.3 is 5.11 Å². The largest absolute Gasteiger partial charge is 0.465 e. The van der Waals surface area contributed by atoms with E-state index in [4.69, 9.17) is 5.11 Å². The molecule has 0 saturated carbocycles. The second kappa shape index (κ2) is 3.65. The van der Waals surface area contributed by atoms with Crippen LogP contribution in [0, 0.1) is 0 Å². The van der Waals surface area contributed by atoms with Crippen molar-refractivity contribution in [1.29, 1.82) is 0 Å². The van der Waals surface area contributed by atoms with E-state index in [0.717, 1.165) is 12.3 Å². The maximum Gasteiger partial charge on any atom is 0.433 e. The molecule has 2 aromatic heterocycles. The molecular weight excluding hydrogens is 239 g/mol. The second-order valence-electron chi connectivity index (χ2n) is 3.23. The molecule has 0 atom stereocenters. The first-order chi connectivity index (χ1) is 7.88. The highest BCUT2D eigenvalue weighted by atomic mass is 19.4. The van der Waals surface area contributed by atoms with E-state index in [1.54, 1.807) is 0 Å². The number of hydrogen-bond donors (Lipinski definition) is 2. The molecule has 0 spiro atoms. The number of alkyl halides is 3. The van der Waals surface area contributed by atoms with Crippen LogP contribution in [-0.2, 0) is 6.18 Å².